The fourth-order valence-electron chi connectivity index (χ4n) is 3.52. The molecule has 0 fully saturated rings. The number of nitrogens with one attached hydrogen (secondary N) is 1. The number of thioether (sulfide) groups is 1. The van der Waals surface area contributed by atoms with E-state index in [9.17, 15) is 4.79 Å². The lowest BCUT2D eigenvalue weighted by Gasteiger charge is -2.14. The Hall–Kier alpha value is -3.32. The van der Waals surface area contributed by atoms with Gasteiger partial charge in [0.2, 0.25) is 5.91 Å². The highest BCUT2D eigenvalue weighted by molar-refractivity contribution is 7.99. The third-order valence-electron chi connectivity index (χ3n) is 5.27. The lowest BCUT2D eigenvalue weighted by atomic mass is 10.1. The lowest BCUT2D eigenvalue weighted by Crippen LogP contribution is -2.15. The van der Waals surface area contributed by atoms with Crippen molar-refractivity contribution in [3.63, 3.8) is 0 Å². The molecule has 0 aliphatic heterocycles. The topological polar surface area (TPSA) is 69.0 Å². The van der Waals surface area contributed by atoms with E-state index in [-0.39, 0.29) is 17.8 Å². The molecule has 0 spiro atoms. The Morgan fingerprint density at radius 1 is 1.06 bits per heavy atom. The summed E-state index contributed by atoms with van der Waals surface area (Å²) >= 11 is 1.35. The summed E-state index contributed by atoms with van der Waals surface area (Å²) in [6, 6.07) is 21.9. The zero-order chi connectivity index (χ0) is 22.5. The Labute approximate surface area is 192 Å². The summed E-state index contributed by atoms with van der Waals surface area (Å²) in [5.74, 6) is 1.65. The van der Waals surface area contributed by atoms with Crippen molar-refractivity contribution in [3.05, 3.63) is 78.1 Å². The molecule has 0 aliphatic carbocycles. The minimum atomic E-state index is -0.265. The standard InChI is InChI=1S/C25H26N4O2S/c1-4-18-12-14-20(15-13-18)31-17(2)24-27-28-25(29(24)3)32-16-23(30)26-22-11-7-9-19-8-5-6-10-21(19)22/h5-15,17H,4,16H2,1-3H3,(H,26,30)/t17-/m0/s1. The molecular formula is C25H26N4O2S. The van der Waals surface area contributed by atoms with Gasteiger partial charge in [0.25, 0.3) is 0 Å². The van der Waals surface area contributed by atoms with Gasteiger partial charge in [0.05, 0.1) is 5.75 Å². The molecule has 0 saturated carbocycles. The van der Waals surface area contributed by atoms with Crippen molar-refractivity contribution < 1.29 is 9.53 Å². The van der Waals surface area contributed by atoms with E-state index in [1.54, 1.807) is 0 Å². The summed E-state index contributed by atoms with van der Waals surface area (Å²) in [6.07, 6.45) is 0.729. The highest BCUT2D eigenvalue weighted by atomic mass is 32.2. The van der Waals surface area contributed by atoms with Gasteiger partial charge in [0.1, 0.15) is 5.75 Å². The van der Waals surface area contributed by atoms with Gasteiger partial charge in [-0.3, -0.25) is 4.79 Å². The summed E-state index contributed by atoms with van der Waals surface area (Å²) in [7, 11) is 1.89. The predicted molar refractivity (Wildman–Crippen MR) is 129 cm³/mol. The summed E-state index contributed by atoms with van der Waals surface area (Å²) in [6.45, 7) is 4.07. The number of aromatic nitrogens is 3. The van der Waals surface area contributed by atoms with E-state index in [1.165, 1.54) is 17.3 Å². The van der Waals surface area contributed by atoms with E-state index >= 15 is 0 Å². The number of fused-ring (bicyclic) bond motifs is 1. The van der Waals surface area contributed by atoms with Gasteiger partial charge in [-0.15, -0.1) is 10.2 Å². The average Bonchev–Trinajstić information content (AvgIpc) is 3.19. The van der Waals surface area contributed by atoms with E-state index in [0.717, 1.165) is 28.6 Å². The highest BCUT2D eigenvalue weighted by Crippen LogP contribution is 2.26. The number of ether oxygens (including phenoxy) is 1. The van der Waals surface area contributed by atoms with Crippen LogP contribution in [-0.2, 0) is 18.3 Å². The van der Waals surface area contributed by atoms with E-state index in [0.29, 0.717) is 11.0 Å². The molecule has 1 amide bonds. The first-order chi connectivity index (χ1) is 15.5. The molecule has 0 aliphatic rings. The first-order valence-corrected chi connectivity index (χ1v) is 11.6. The maximum Gasteiger partial charge on any atom is 0.234 e. The van der Waals surface area contributed by atoms with Crippen molar-refractivity contribution >= 4 is 34.1 Å². The molecular weight excluding hydrogens is 420 g/mol. The van der Waals surface area contributed by atoms with Crippen molar-refractivity contribution in [1.29, 1.82) is 0 Å². The monoisotopic (exact) mass is 446 g/mol. The van der Waals surface area contributed by atoms with Crippen LogP contribution in [0.5, 0.6) is 5.75 Å². The summed E-state index contributed by atoms with van der Waals surface area (Å²) in [4.78, 5) is 12.6. The Morgan fingerprint density at radius 2 is 1.81 bits per heavy atom. The van der Waals surface area contributed by atoms with Crippen molar-refractivity contribution in [3.8, 4) is 5.75 Å². The van der Waals surface area contributed by atoms with Crippen molar-refractivity contribution in [1.82, 2.24) is 14.8 Å². The molecule has 6 nitrogen and oxygen atoms in total. The molecule has 4 aromatic rings. The Kier molecular flexibility index (Phi) is 6.75. The number of anilines is 1. The number of hydrogen-bond donors (Lipinski definition) is 1. The number of aryl methyl sites for hydroxylation is 1. The van der Waals surface area contributed by atoms with Crippen LogP contribution in [0.3, 0.4) is 0 Å². The van der Waals surface area contributed by atoms with E-state index in [1.807, 2.05) is 73.1 Å². The summed E-state index contributed by atoms with van der Waals surface area (Å²) in [5, 5.41) is 14.3. The second kappa shape index (κ2) is 9.87. The van der Waals surface area contributed by atoms with Gasteiger partial charge in [0, 0.05) is 18.1 Å². The van der Waals surface area contributed by atoms with Gasteiger partial charge >= 0.3 is 0 Å². The number of nitrogens with zero attached hydrogens (tertiary/aromatic N) is 3. The minimum absolute atomic E-state index is 0.0868. The molecule has 164 valence electrons. The molecule has 1 N–H and O–H groups in total. The van der Waals surface area contributed by atoms with Crippen LogP contribution in [0.15, 0.2) is 71.9 Å². The van der Waals surface area contributed by atoms with Crippen molar-refractivity contribution in [2.75, 3.05) is 11.1 Å². The Morgan fingerprint density at radius 3 is 2.59 bits per heavy atom. The van der Waals surface area contributed by atoms with Crippen molar-refractivity contribution in [2.24, 2.45) is 7.05 Å². The minimum Gasteiger partial charge on any atom is -0.483 e. The fourth-order valence-corrected chi connectivity index (χ4v) is 4.24. The van der Waals surface area contributed by atoms with Gasteiger partial charge < -0.3 is 14.6 Å². The van der Waals surface area contributed by atoms with Crippen LogP contribution < -0.4 is 10.1 Å². The second-order valence-electron chi connectivity index (χ2n) is 7.52. The average molecular weight is 447 g/mol. The number of hydrogen-bond acceptors (Lipinski definition) is 5. The quantitative estimate of drug-likeness (QED) is 0.367. The zero-order valence-corrected chi connectivity index (χ0v) is 19.2. The molecule has 0 bridgehead atoms. The Bertz CT molecular complexity index is 1220. The predicted octanol–water partition coefficient (Wildman–Crippen LogP) is 5.40. The Balaban J connectivity index is 1.37. The molecule has 1 heterocycles. The van der Waals surface area contributed by atoms with Gasteiger partial charge in [-0.1, -0.05) is 67.2 Å². The smallest absolute Gasteiger partial charge is 0.234 e. The van der Waals surface area contributed by atoms with Crippen LogP contribution in [0.25, 0.3) is 10.8 Å². The molecule has 1 atom stereocenters. The van der Waals surface area contributed by atoms with E-state index in [4.69, 9.17) is 4.74 Å². The van der Waals surface area contributed by atoms with Crippen LogP contribution in [0.2, 0.25) is 0 Å². The van der Waals surface area contributed by atoms with Gasteiger partial charge in [-0.25, -0.2) is 0 Å². The van der Waals surface area contributed by atoms with Crippen LogP contribution in [0, 0.1) is 0 Å². The maximum absolute atomic E-state index is 12.6. The van der Waals surface area contributed by atoms with Gasteiger partial charge in [-0.2, -0.15) is 0 Å². The molecule has 0 unspecified atom stereocenters. The van der Waals surface area contributed by atoms with Crippen molar-refractivity contribution in [2.45, 2.75) is 31.5 Å². The molecule has 0 saturated heterocycles. The normalized spacial score (nSPS) is 12.0. The number of benzene rings is 3. The van der Waals surface area contributed by atoms with Crippen LogP contribution >= 0.6 is 11.8 Å². The molecule has 32 heavy (non-hydrogen) atoms. The molecule has 1 aromatic heterocycles. The summed E-state index contributed by atoms with van der Waals surface area (Å²) in [5.41, 5.74) is 2.08. The largest absolute Gasteiger partial charge is 0.483 e. The SMILES string of the molecule is CCc1ccc(O[C@@H](C)c2nnc(SCC(=O)Nc3cccc4ccccc34)n2C)cc1. The highest BCUT2D eigenvalue weighted by Gasteiger charge is 2.18. The second-order valence-corrected chi connectivity index (χ2v) is 8.46. The first kappa shape index (κ1) is 21.9. The van der Waals surface area contributed by atoms with Gasteiger partial charge in [0.15, 0.2) is 17.1 Å². The fraction of sp³-hybridized carbons (Fsp3) is 0.240. The number of carbonyl (C=O) groups excluding carboxylic acids is 1. The maximum atomic E-state index is 12.6. The molecule has 7 heteroatoms. The molecule has 3 aromatic carbocycles. The number of rotatable bonds is 8. The number of carbonyl (C=O) groups is 1. The lowest BCUT2D eigenvalue weighted by molar-refractivity contribution is -0.113. The number of amides is 1. The molecule has 0 radical (unpaired) electrons. The van der Waals surface area contributed by atoms with Crippen LogP contribution in [0.1, 0.15) is 31.3 Å². The van der Waals surface area contributed by atoms with Crippen LogP contribution in [0.4, 0.5) is 5.69 Å². The third kappa shape index (κ3) is 4.94. The van der Waals surface area contributed by atoms with E-state index < -0.39 is 0 Å². The first-order valence-electron chi connectivity index (χ1n) is 10.6. The third-order valence-corrected chi connectivity index (χ3v) is 6.29. The summed E-state index contributed by atoms with van der Waals surface area (Å²) < 4.78 is 7.90. The zero-order valence-electron chi connectivity index (χ0n) is 18.4. The molecule has 4 rings (SSSR count). The van der Waals surface area contributed by atoms with E-state index in [2.05, 4.69) is 34.6 Å². The van der Waals surface area contributed by atoms with Crippen LogP contribution in [-0.4, -0.2) is 26.4 Å². The van der Waals surface area contributed by atoms with Gasteiger partial charge in [-0.05, 0) is 42.5 Å².